The van der Waals surface area contributed by atoms with Gasteiger partial charge in [0.1, 0.15) is 0 Å². The summed E-state index contributed by atoms with van der Waals surface area (Å²) in [4.78, 5) is 30.2. The zero-order chi connectivity index (χ0) is 19.6. The van der Waals surface area contributed by atoms with Gasteiger partial charge in [0.05, 0.1) is 6.54 Å². The molecule has 0 radical (unpaired) electrons. The summed E-state index contributed by atoms with van der Waals surface area (Å²) in [6, 6.07) is 7.17. The standard InChI is InChI=1S/C18H23ClN6O2/c1-4-20-9-10-21-17-22-15-14(23(17)2)16(26)25(18(27)24(15)3)11-12-7-5-6-8-13(12)19/h5-8,20H,4,9-11H2,1-3H3,(H,21,22). The lowest BCUT2D eigenvalue weighted by molar-refractivity contribution is 0.655. The van der Waals surface area contributed by atoms with Crippen LogP contribution in [-0.2, 0) is 20.6 Å². The fourth-order valence-corrected chi connectivity index (χ4v) is 3.17. The second-order valence-corrected chi connectivity index (χ2v) is 6.68. The number of nitrogens with zero attached hydrogens (tertiary/aromatic N) is 4. The average Bonchev–Trinajstić information content (AvgIpc) is 2.99. The molecule has 0 aliphatic heterocycles. The number of aromatic nitrogens is 4. The number of anilines is 1. The molecule has 9 heteroatoms. The number of fused-ring (bicyclic) bond motifs is 1. The molecule has 144 valence electrons. The van der Waals surface area contributed by atoms with Crippen LogP contribution in [0.5, 0.6) is 0 Å². The third-order valence-corrected chi connectivity index (χ3v) is 4.85. The van der Waals surface area contributed by atoms with Gasteiger partial charge >= 0.3 is 5.69 Å². The fourth-order valence-electron chi connectivity index (χ4n) is 2.98. The van der Waals surface area contributed by atoms with Crippen LogP contribution in [0, 0.1) is 0 Å². The van der Waals surface area contributed by atoms with Crippen molar-refractivity contribution in [3.8, 4) is 0 Å². The maximum atomic E-state index is 13.0. The minimum absolute atomic E-state index is 0.107. The molecule has 1 aromatic carbocycles. The summed E-state index contributed by atoms with van der Waals surface area (Å²) < 4.78 is 4.27. The molecule has 3 aromatic rings. The van der Waals surface area contributed by atoms with Gasteiger partial charge in [-0.15, -0.1) is 0 Å². The van der Waals surface area contributed by atoms with Crippen molar-refractivity contribution in [3.05, 3.63) is 55.7 Å². The van der Waals surface area contributed by atoms with Crippen molar-refractivity contribution in [2.75, 3.05) is 25.0 Å². The second-order valence-electron chi connectivity index (χ2n) is 6.27. The number of aryl methyl sites for hydroxylation is 2. The molecule has 0 bridgehead atoms. The molecule has 3 rings (SSSR count). The van der Waals surface area contributed by atoms with E-state index in [0.29, 0.717) is 34.2 Å². The van der Waals surface area contributed by atoms with Gasteiger partial charge in [-0.1, -0.05) is 36.7 Å². The SMILES string of the molecule is CCNCCNc1nc2c(c(=O)n(Cc3ccccc3Cl)c(=O)n2C)n1C. The van der Waals surface area contributed by atoms with E-state index in [-0.39, 0.29) is 12.1 Å². The molecular weight excluding hydrogens is 368 g/mol. The van der Waals surface area contributed by atoms with Gasteiger partial charge in [0.15, 0.2) is 11.2 Å². The largest absolute Gasteiger partial charge is 0.354 e. The van der Waals surface area contributed by atoms with Gasteiger partial charge in [0, 0.05) is 32.2 Å². The van der Waals surface area contributed by atoms with Crippen LogP contribution >= 0.6 is 11.6 Å². The van der Waals surface area contributed by atoms with Gasteiger partial charge < -0.3 is 15.2 Å². The maximum Gasteiger partial charge on any atom is 0.332 e. The van der Waals surface area contributed by atoms with E-state index in [1.165, 1.54) is 9.13 Å². The van der Waals surface area contributed by atoms with Crippen LogP contribution in [-0.4, -0.2) is 38.3 Å². The summed E-state index contributed by atoms with van der Waals surface area (Å²) in [6.45, 7) is 4.45. The molecule has 27 heavy (non-hydrogen) atoms. The van der Waals surface area contributed by atoms with E-state index in [0.717, 1.165) is 13.1 Å². The Morgan fingerprint density at radius 3 is 2.56 bits per heavy atom. The molecule has 2 heterocycles. The first-order valence-electron chi connectivity index (χ1n) is 8.80. The van der Waals surface area contributed by atoms with Gasteiger partial charge in [-0.2, -0.15) is 4.98 Å². The average molecular weight is 391 g/mol. The van der Waals surface area contributed by atoms with Crippen molar-refractivity contribution in [1.29, 1.82) is 0 Å². The topological polar surface area (TPSA) is 85.9 Å². The Balaban J connectivity index is 2.07. The maximum absolute atomic E-state index is 13.0. The molecule has 0 aliphatic rings. The van der Waals surface area contributed by atoms with Gasteiger partial charge in [-0.3, -0.25) is 13.9 Å². The Labute approximate surface area is 161 Å². The summed E-state index contributed by atoms with van der Waals surface area (Å²) in [6.07, 6.45) is 0. The third-order valence-electron chi connectivity index (χ3n) is 4.48. The molecule has 0 fully saturated rings. The minimum Gasteiger partial charge on any atom is -0.354 e. The van der Waals surface area contributed by atoms with Crippen LogP contribution in [0.4, 0.5) is 5.95 Å². The summed E-state index contributed by atoms with van der Waals surface area (Å²) in [7, 11) is 3.37. The van der Waals surface area contributed by atoms with Crippen LogP contribution in [0.1, 0.15) is 12.5 Å². The molecule has 0 aliphatic carbocycles. The van der Waals surface area contributed by atoms with Crippen LogP contribution in [0.3, 0.4) is 0 Å². The van der Waals surface area contributed by atoms with E-state index in [1.54, 1.807) is 30.8 Å². The van der Waals surface area contributed by atoms with Crippen molar-refractivity contribution in [1.82, 2.24) is 24.0 Å². The number of imidazole rings is 1. The molecular formula is C18H23ClN6O2. The summed E-state index contributed by atoms with van der Waals surface area (Å²) in [5, 5.41) is 6.92. The Morgan fingerprint density at radius 2 is 1.85 bits per heavy atom. The molecule has 0 saturated heterocycles. The van der Waals surface area contributed by atoms with Crippen molar-refractivity contribution in [2.45, 2.75) is 13.5 Å². The Morgan fingerprint density at radius 1 is 1.11 bits per heavy atom. The fraction of sp³-hybridized carbons (Fsp3) is 0.389. The normalized spacial score (nSPS) is 11.3. The summed E-state index contributed by atoms with van der Waals surface area (Å²) >= 11 is 6.20. The quantitative estimate of drug-likeness (QED) is 0.591. The van der Waals surface area contributed by atoms with Gasteiger partial charge in [0.25, 0.3) is 5.56 Å². The number of likely N-dealkylation sites (N-methyl/N-ethyl adjacent to an activating group) is 1. The Bertz CT molecular complexity index is 1080. The monoisotopic (exact) mass is 390 g/mol. The van der Waals surface area contributed by atoms with Crippen molar-refractivity contribution in [3.63, 3.8) is 0 Å². The van der Waals surface area contributed by atoms with E-state index in [4.69, 9.17) is 11.6 Å². The molecule has 0 atom stereocenters. The van der Waals surface area contributed by atoms with E-state index in [1.807, 2.05) is 19.1 Å². The molecule has 0 spiro atoms. The van der Waals surface area contributed by atoms with E-state index in [9.17, 15) is 9.59 Å². The third kappa shape index (κ3) is 3.63. The molecule has 8 nitrogen and oxygen atoms in total. The van der Waals surface area contributed by atoms with Gasteiger partial charge in [-0.25, -0.2) is 4.79 Å². The number of rotatable bonds is 7. The lowest BCUT2D eigenvalue weighted by Crippen LogP contribution is -2.39. The zero-order valence-electron chi connectivity index (χ0n) is 15.6. The van der Waals surface area contributed by atoms with Crippen LogP contribution in [0.25, 0.3) is 11.2 Å². The van der Waals surface area contributed by atoms with Gasteiger partial charge in [0.2, 0.25) is 5.95 Å². The van der Waals surface area contributed by atoms with Gasteiger partial charge in [-0.05, 0) is 18.2 Å². The zero-order valence-corrected chi connectivity index (χ0v) is 16.4. The summed E-state index contributed by atoms with van der Waals surface area (Å²) in [5.74, 6) is 0.547. The highest BCUT2D eigenvalue weighted by molar-refractivity contribution is 6.31. The lowest BCUT2D eigenvalue weighted by atomic mass is 10.2. The number of nitrogens with one attached hydrogen (secondary N) is 2. The molecule has 2 N–H and O–H groups in total. The van der Waals surface area contributed by atoms with Crippen molar-refractivity contribution >= 4 is 28.7 Å². The van der Waals surface area contributed by atoms with Crippen LogP contribution in [0.15, 0.2) is 33.9 Å². The smallest absolute Gasteiger partial charge is 0.332 e. The highest BCUT2D eigenvalue weighted by atomic mass is 35.5. The van der Waals surface area contributed by atoms with Crippen molar-refractivity contribution < 1.29 is 0 Å². The van der Waals surface area contributed by atoms with Crippen LogP contribution in [0.2, 0.25) is 5.02 Å². The Hall–Kier alpha value is -2.58. The lowest BCUT2D eigenvalue weighted by Gasteiger charge is -2.10. The molecule has 0 saturated carbocycles. The van der Waals surface area contributed by atoms with E-state index in [2.05, 4.69) is 15.6 Å². The number of hydrogen-bond donors (Lipinski definition) is 2. The predicted octanol–water partition coefficient (Wildman–Crippen LogP) is 1.16. The first-order valence-corrected chi connectivity index (χ1v) is 9.17. The van der Waals surface area contributed by atoms with Crippen LogP contribution < -0.4 is 21.9 Å². The minimum atomic E-state index is -0.426. The van der Waals surface area contributed by atoms with E-state index >= 15 is 0 Å². The van der Waals surface area contributed by atoms with Crippen molar-refractivity contribution in [2.24, 2.45) is 14.1 Å². The molecule has 2 aromatic heterocycles. The number of halogens is 1. The number of benzene rings is 1. The van der Waals surface area contributed by atoms with E-state index < -0.39 is 5.69 Å². The highest BCUT2D eigenvalue weighted by Gasteiger charge is 2.18. The second kappa shape index (κ2) is 7.98. The number of hydrogen-bond acceptors (Lipinski definition) is 5. The molecule has 0 unspecified atom stereocenters. The molecule has 0 amide bonds. The first kappa shape index (κ1) is 19.2. The summed E-state index contributed by atoms with van der Waals surface area (Å²) in [5.41, 5.74) is 0.625. The highest BCUT2D eigenvalue weighted by Crippen LogP contribution is 2.16. The Kier molecular flexibility index (Phi) is 5.67. The predicted molar refractivity (Wildman–Crippen MR) is 108 cm³/mol. The first-order chi connectivity index (χ1) is 13.0.